The minimum absolute atomic E-state index is 0.105. The lowest BCUT2D eigenvalue weighted by molar-refractivity contribution is -0.386. The number of amides is 2. The van der Waals surface area contributed by atoms with E-state index in [4.69, 9.17) is 9.47 Å². The number of aromatic hydroxyl groups is 1. The Morgan fingerprint density at radius 1 is 1.35 bits per heavy atom. The van der Waals surface area contributed by atoms with Gasteiger partial charge in [0.1, 0.15) is 0 Å². The number of carbonyl (C=O) groups excluding carboxylic acids is 2. The number of nitrogens with zero attached hydrogens (tertiary/aromatic N) is 1. The number of phenolic OH excluding ortho intramolecular Hbond substituents is 1. The zero-order chi connectivity index (χ0) is 19.4. The molecule has 0 bridgehead atoms. The van der Waals surface area contributed by atoms with Gasteiger partial charge in [-0.05, 0) is 32.4 Å². The van der Waals surface area contributed by atoms with E-state index in [0.717, 1.165) is 6.07 Å². The van der Waals surface area contributed by atoms with E-state index in [9.17, 15) is 24.8 Å². The zero-order valence-electron chi connectivity index (χ0n) is 14.5. The van der Waals surface area contributed by atoms with E-state index < -0.39 is 34.4 Å². The molecule has 10 nitrogen and oxygen atoms in total. The number of phenols is 1. The predicted molar refractivity (Wildman–Crippen MR) is 89.7 cm³/mol. The summed E-state index contributed by atoms with van der Waals surface area (Å²) >= 11 is 0. The molecule has 0 unspecified atom stereocenters. The number of rotatable bonds is 6. The molecule has 2 rings (SSSR count). The summed E-state index contributed by atoms with van der Waals surface area (Å²) in [5.74, 6) is -1.42. The average Bonchev–Trinajstić information content (AvgIpc) is 2.56. The number of allylic oxidation sites excluding steroid dienone is 1. The summed E-state index contributed by atoms with van der Waals surface area (Å²) < 4.78 is 10.3. The molecule has 26 heavy (non-hydrogen) atoms. The second-order valence-electron chi connectivity index (χ2n) is 5.37. The molecule has 0 radical (unpaired) electrons. The van der Waals surface area contributed by atoms with E-state index in [-0.39, 0.29) is 35.8 Å². The van der Waals surface area contributed by atoms with E-state index in [1.54, 1.807) is 13.8 Å². The predicted octanol–water partition coefficient (Wildman–Crippen LogP) is 1.89. The fourth-order valence-electron chi connectivity index (χ4n) is 2.61. The summed E-state index contributed by atoms with van der Waals surface area (Å²) in [7, 11) is 0. The average molecular weight is 365 g/mol. The maximum absolute atomic E-state index is 12.3. The first-order valence-corrected chi connectivity index (χ1v) is 7.89. The summed E-state index contributed by atoms with van der Waals surface area (Å²) in [6.45, 7) is 5.09. The minimum atomic E-state index is -0.999. The number of carbonyl (C=O) groups is 2. The number of nitro groups is 1. The Hall–Kier alpha value is -3.30. The van der Waals surface area contributed by atoms with Crippen molar-refractivity contribution in [3.63, 3.8) is 0 Å². The molecular weight excluding hydrogens is 346 g/mol. The molecule has 0 aromatic heterocycles. The zero-order valence-corrected chi connectivity index (χ0v) is 14.5. The molecule has 1 atom stereocenters. The van der Waals surface area contributed by atoms with Gasteiger partial charge in [-0.3, -0.25) is 10.1 Å². The van der Waals surface area contributed by atoms with Crippen molar-refractivity contribution >= 4 is 17.7 Å². The van der Waals surface area contributed by atoms with Crippen LogP contribution in [0.1, 0.15) is 32.4 Å². The Labute approximate surface area is 148 Å². The van der Waals surface area contributed by atoms with Crippen molar-refractivity contribution < 1.29 is 29.1 Å². The van der Waals surface area contributed by atoms with E-state index in [1.807, 2.05) is 0 Å². The normalized spacial score (nSPS) is 16.6. The van der Waals surface area contributed by atoms with Crippen molar-refractivity contribution in [3.05, 3.63) is 39.1 Å². The van der Waals surface area contributed by atoms with Gasteiger partial charge in [-0.15, -0.1) is 0 Å². The van der Waals surface area contributed by atoms with Gasteiger partial charge in [-0.1, -0.05) is 0 Å². The van der Waals surface area contributed by atoms with Crippen molar-refractivity contribution in [3.8, 4) is 11.5 Å². The van der Waals surface area contributed by atoms with Gasteiger partial charge in [0, 0.05) is 11.8 Å². The fourth-order valence-corrected chi connectivity index (χ4v) is 2.61. The van der Waals surface area contributed by atoms with Crippen LogP contribution in [0.5, 0.6) is 11.5 Å². The van der Waals surface area contributed by atoms with Gasteiger partial charge in [-0.2, -0.15) is 0 Å². The number of hydrogen-bond acceptors (Lipinski definition) is 7. The topological polar surface area (TPSA) is 140 Å². The molecule has 1 aliphatic rings. The SMILES string of the molecule is CCOC(=O)C1=C(C)NC(=O)N[C@@H]1c1cc(OCC)c(O)c([N+](=O)[O-])c1. The molecule has 1 aromatic rings. The van der Waals surface area contributed by atoms with Gasteiger partial charge in [0.2, 0.25) is 5.75 Å². The standard InChI is InChI=1S/C16H19N3O7/c1-4-25-11-7-9(6-10(14(11)20)19(23)24)13-12(15(21)26-5-2)8(3)17-16(22)18-13/h6-7,13,20H,4-5H2,1-3H3,(H2,17,18,22)/t13-/m1/s1. The first kappa shape index (κ1) is 19.0. The first-order valence-electron chi connectivity index (χ1n) is 7.89. The van der Waals surface area contributed by atoms with Crippen molar-refractivity contribution in [1.82, 2.24) is 10.6 Å². The quantitative estimate of drug-likeness (QED) is 0.397. The summed E-state index contributed by atoms with van der Waals surface area (Å²) in [5.41, 5.74) is -0.0189. The maximum atomic E-state index is 12.3. The van der Waals surface area contributed by atoms with Crippen LogP contribution < -0.4 is 15.4 Å². The highest BCUT2D eigenvalue weighted by molar-refractivity contribution is 5.95. The third-order valence-electron chi connectivity index (χ3n) is 3.67. The molecule has 0 aliphatic carbocycles. The number of nitro benzene ring substituents is 1. The molecule has 10 heteroatoms. The molecule has 0 spiro atoms. The second-order valence-corrected chi connectivity index (χ2v) is 5.37. The Morgan fingerprint density at radius 3 is 2.62 bits per heavy atom. The molecular formula is C16H19N3O7. The summed E-state index contributed by atoms with van der Waals surface area (Å²) in [5, 5.41) is 26.3. The van der Waals surface area contributed by atoms with Crippen molar-refractivity contribution in [1.29, 1.82) is 0 Å². The highest BCUT2D eigenvalue weighted by Crippen LogP contribution is 2.40. The second kappa shape index (κ2) is 7.72. The van der Waals surface area contributed by atoms with Gasteiger partial charge in [-0.25, -0.2) is 9.59 Å². The van der Waals surface area contributed by atoms with Gasteiger partial charge < -0.3 is 25.2 Å². The van der Waals surface area contributed by atoms with Gasteiger partial charge in [0.05, 0.1) is 29.8 Å². The minimum Gasteiger partial charge on any atom is -0.500 e. The van der Waals surface area contributed by atoms with Crippen molar-refractivity contribution in [2.45, 2.75) is 26.8 Å². The largest absolute Gasteiger partial charge is 0.500 e. The van der Waals surface area contributed by atoms with E-state index in [0.29, 0.717) is 0 Å². The number of hydrogen-bond donors (Lipinski definition) is 3. The first-order chi connectivity index (χ1) is 12.3. The van der Waals surface area contributed by atoms with Gasteiger partial charge >= 0.3 is 17.7 Å². The smallest absolute Gasteiger partial charge is 0.338 e. The Morgan fingerprint density at radius 2 is 2.04 bits per heavy atom. The molecule has 0 saturated heterocycles. The molecule has 140 valence electrons. The lowest BCUT2D eigenvalue weighted by Gasteiger charge is -2.28. The molecule has 1 aromatic carbocycles. The van der Waals surface area contributed by atoms with Gasteiger partial charge in [0.25, 0.3) is 0 Å². The lowest BCUT2D eigenvalue weighted by Crippen LogP contribution is -2.45. The van der Waals surface area contributed by atoms with Crippen LogP contribution in [0, 0.1) is 10.1 Å². The Kier molecular flexibility index (Phi) is 5.65. The number of nitrogens with one attached hydrogen (secondary N) is 2. The Balaban J connectivity index is 2.62. The summed E-state index contributed by atoms with van der Waals surface area (Å²) in [4.78, 5) is 34.6. The third kappa shape index (κ3) is 3.68. The van der Waals surface area contributed by atoms with Crippen LogP contribution in [0.25, 0.3) is 0 Å². The van der Waals surface area contributed by atoms with Crippen LogP contribution in [-0.4, -0.2) is 35.2 Å². The number of ether oxygens (including phenoxy) is 2. The molecule has 0 fully saturated rings. The van der Waals surface area contributed by atoms with Crippen LogP contribution in [0.2, 0.25) is 0 Å². The highest BCUT2D eigenvalue weighted by Gasteiger charge is 2.34. The highest BCUT2D eigenvalue weighted by atomic mass is 16.6. The molecule has 2 amide bonds. The van der Waals surface area contributed by atoms with Crippen LogP contribution in [0.3, 0.4) is 0 Å². The van der Waals surface area contributed by atoms with Crippen LogP contribution in [0.4, 0.5) is 10.5 Å². The van der Waals surface area contributed by atoms with Crippen molar-refractivity contribution in [2.75, 3.05) is 13.2 Å². The number of esters is 1. The van der Waals surface area contributed by atoms with Crippen LogP contribution in [0.15, 0.2) is 23.4 Å². The Bertz CT molecular complexity index is 788. The van der Waals surface area contributed by atoms with E-state index >= 15 is 0 Å². The van der Waals surface area contributed by atoms with E-state index in [1.165, 1.54) is 13.0 Å². The van der Waals surface area contributed by atoms with Crippen LogP contribution in [-0.2, 0) is 9.53 Å². The van der Waals surface area contributed by atoms with Crippen molar-refractivity contribution in [2.24, 2.45) is 0 Å². The van der Waals surface area contributed by atoms with E-state index in [2.05, 4.69) is 10.6 Å². The van der Waals surface area contributed by atoms with Gasteiger partial charge in [0.15, 0.2) is 5.75 Å². The molecule has 1 heterocycles. The summed E-state index contributed by atoms with van der Waals surface area (Å²) in [6.07, 6.45) is 0. The monoisotopic (exact) mass is 365 g/mol. The molecule has 3 N–H and O–H groups in total. The molecule has 1 aliphatic heterocycles. The number of benzene rings is 1. The third-order valence-corrected chi connectivity index (χ3v) is 3.67. The maximum Gasteiger partial charge on any atom is 0.338 e. The lowest BCUT2D eigenvalue weighted by atomic mass is 9.94. The summed E-state index contributed by atoms with van der Waals surface area (Å²) in [6, 6.07) is 0.852. The number of urea groups is 1. The van der Waals surface area contributed by atoms with Crippen LogP contribution >= 0.6 is 0 Å². The fraction of sp³-hybridized carbons (Fsp3) is 0.375. The molecule has 0 saturated carbocycles.